The quantitative estimate of drug-likeness (QED) is 0.185. The van der Waals surface area contributed by atoms with Gasteiger partial charge in [-0.15, -0.1) is 23.2 Å². The molecule has 0 saturated carbocycles. The molecule has 6 amide bonds. The molecule has 0 aliphatic carbocycles. The van der Waals surface area contributed by atoms with Crippen LogP contribution in [0.4, 0.5) is 9.59 Å². The van der Waals surface area contributed by atoms with Crippen LogP contribution in [0.1, 0.15) is 62.3 Å². The number of hydrogen-bond acceptors (Lipinski definition) is 8. The summed E-state index contributed by atoms with van der Waals surface area (Å²) in [7, 11) is 0. The molecule has 0 saturated heterocycles. The normalized spacial score (nSPS) is 10.8. The molecule has 0 atom stereocenters. The molecule has 2 aromatic carbocycles. The first-order valence-electron chi connectivity index (χ1n) is 16.7. The van der Waals surface area contributed by atoms with Gasteiger partial charge in [-0.25, -0.2) is 9.59 Å². The van der Waals surface area contributed by atoms with Gasteiger partial charge in [-0.05, 0) is 65.8 Å². The Kier molecular flexibility index (Phi) is 20.8. The maximum absolute atomic E-state index is 12.8. The summed E-state index contributed by atoms with van der Waals surface area (Å²) in [6, 6.07) is 17.6. The highest BCUT2D eigenvalue weighted by atomic mass is 35.5. The second-order valence-corrected chi connectivity index (χ2v) is 13.7. The fourth-order valence-electron chi connectivity index (χ4n) is 4.13. The van der Waals surface area contributed by atoms with Crippen LogP contribution >= 0.6 is 23.2 Å². The van der Waals surface area contributed by atoms with Crippen LogP contribution in [0.25, 0.3) is 0 Å². The van der Waals surface area contributed by atoms with Crippen LogP contribution in [0, 0.1) is 0 Å². The van der Waals surface area contributed by atoms with Crippen molar-refractivity contribution in [1.82, 2.24) is 31.1 Å². The van der Waals surface area contributed by atoms with Crippen LogP contribution in [0.5, 0.6) is 0 Å². The summed E-state index contributed by atoms with van der Waals surface area (Å²) in [5, 5.41) is 10.5. The molecule has 288 valence electrons. The van der Waals surface area contributed by atoms with E-state index in [1.54, 1.807) is 99.9 Å². The maximum atomic E-state index is 12.8. The molecule has 0 spiro atoms. The Morgan fingerprint density at radius 1 is 0.519 bits per heavy atom. The van der Waals surface area contributed by atoms with Crippen molar-refractivity contribution in [2.24, 2.45) is 0 Å². The van der Waals surface area contributed by atoms with Crippen molar-refractivity contribution < 1.29 is 38.2 Å². The summed E-state index contributed by atoms with van der Waals surface area (Å²) in [6.07, 6.45) is -1.09. The van der Waals surface area contributed by atoms with E-state index in [1.165, 1.54) is 0 Å². The number of nitrogens with one attached hydrogen (secondary N) is 4. The SMILES string of the molecule is CC(C)(C)OC(=O)NCCN(CCNC(=O)OC(C)(C)C)C(=O)c1ccccc1.O=C(CCl)NCCN(CCNC(=O)CCl)C(=O)c1ccccc1. The Hall–Kier alpha value is -4.56. The predicted molar refractivity (Wildman–Crippen MR) is 201 cm³/mol. The topological polar surface area (TPSA) is 175 Å². The molecule has 0 aliphatic rings. The number of alkyl halides is 2. The number of rotatable bonds is 16. The lowest BCUT2D eigenvalue weighted by atomic mass is 10.2. The Balaban J connectivity index is 0.000000534. The van der Waals surface area contributed by atoms with Crippen LogP contribution in [0.15, 0.2) is 60.7 Å². The molecular formula is C36H52Cl2N6O8. The second-order valence-electron chi connectivity index (χ2n) is 13.1. The summed E-state index contributed by atoms with van der Waals surface area (Å²) >= 11 is 10.8. The van der Waals surface area contributed by atoms with Gasteiger partial charge in [0, 0.05) is 63.5 Å². The fraction of sp³-hybridized carbons (Fsp3) is 0.500. The Bertz CT molecular complexity index is 1360. The van der Waals surface area contributed by atoms with Crippen molar-refractivity contribution in [3.63, 3.8) is 0 Å². The van der Waals surface area contributed by atoms with Crippen LogP contribution < -0.4 is 21.3 Å². The van der Waals surface area contributed by atoms with E-state index in [-0.39, 0.29) is 74.7 Å². The minimum atomic E-state index is -0.596. The molecule has 2 rings (SSSR count). The zero-order valence-corrected chi connectivity index (χ0v) is 32.3. The third-order valence-corrected chi connectivity index (χ3v) is 6.85. The second kappa shape index (κ2) is 23.8. The van der Waals surface area contributed by atoms with Crippen molar-refractivity contribution in [2.45, 2.75) is 52.7 Å². The van der Waals surface area contributed by atoms with Gasteiger partial charge in [-0.1, -0.05) is 36.4 Å². The van der Waals surface area contributed by atoms with Gasteiger partial charge in [-0.3, -0.25) is 19.2 Å². The molecular weight excluding hydrogens is 715 g/mol. The van der Waals surface area contributed by atoms with Crippen molar-refractivity contribution in [3.05, 3.63) is 71.8 Å². The van der Waals surface area contributed by atoms with E-state index in [0.29, 0.717) is 24.2 Å². The van der Waals surface area contributed by atoms with Crippen LogP contribution in [-0.2, 0) is 19.1 Å². The molecule has 0 fully saturated rings. The predicted octanol–water partition coefficient (Wildman–Crippen LogP) is 4.02. The van der Waals surface area contributed by atoms with E-state index in [0.717, 1.165) is 0 Å². The first-order chi connectivity index (χ1) is 24.5. The standard InChI is InChI=1S/C21H33N3O5.C15H19Cl2N3O3/c1-20(2,3)28-18(26)22-12-14-24(17(25)16-10-8-7-9-11-16)15-13-23-19(27)29-21(4,5)6;16-10-13(21)18-6-8-20(9-7-19-14(22)11-17)15(23)12-4-2-1-3-5-12/h7-11H,12-15H2,1-6H3,(H,22,26)(H,23,27);1-5H,6-11H2,(H,18,21)(H,19,22). The smallest absolute Gasteiger partial charge is 0.407 e. The van der Waals surface area contributed by atoms with Gasteiger partial charge < -0.3 is 40.5 Å². The van der Waals surface area contributed by atoms with Crippen LogP contribution in [0.3, 0.4) is 0 Å². The summed E-state index contributed by atoms with van der Waals surface area (Å²) < 4.78 is 10.4. The summed E-state index contributed by atoms with van der Waals surface area (Å²) in [4.78, 5) is 74.3. The third-order valence-electron chi connectivity index (χ3n) is 6.37. The van der Waals surface area contributed by atoms with Gasteiger partial charge in [-0.2, -0.15) is 0 Å². The van der Waals surface area contributed by atoms with Crippen molar-refractivity contribution in [3.8, 4) is 0 Å². The maximum Gasteiger partial charge on any atom is 0.407 e. The minimum absolute atomic E-state index is 0.127. The molecule has 0 aliphatic heterocycles. The lowest BCUT2D eigenvalue weighted by molar-refractivity contribution is -0.119. The molecule has 4 N–H and O–H groups in total. The summed E-state index contributed by atoms with van der Waals surface area (Å²) in [5.41, 5.74) is -0.121. The molecule has 0 unspecified atom stereocenters. The zero-order valence-electron chi connectivity index (χ0n) is 30.8. The molecule has 0 bridgehead atoms. The van der Waals surface area contributed by atoms with E-state index in [4.69, 9.17) is 32.7 Å². The Morgan fingerprint density at radius 2 is 0.808 bits per heavy atom. The van der Waals surface area contributed by atoms with Gasteiger partial charge in [0.15, 0.2) is 0 Å². The highest BCUT2D eigenvalue weighted by Gasteiger charge is 2.20. The lowest BCUT2D eigenvalue weighted by Crippen LogP contribution is -2.44. The molecule has 16 heteroatoms. The average Bonchev–Trinajstić information content (AvgIpc) is 3.09. The molecule has 52 heavy (non-hydrogen) atoms. The summed E-state index contributed by atoms with van der Waals surface area (Å²) in [5.74, 6) is -1.21. The summed E-state index contributed by atoms with van der Waals surface area (Å²) in [6.45, 7) is 12.8. The number of alkyl carbamates (subject to hydrolysis) is 2. The van der Waals surface area contributed by atoms with Crippen LogP contribution in [0.2, 0.25) is 0 Å². The fourth-order valence-corrected chi connectivity index (χ4v) is 4.31. The number of nitrogens with zero attached hydrogens (tertiary/aromatic N) is 2. The number of benzene rings is 2. The van der Waals surface area contributed by atoms with E-state index in [9.17, 15) is 28.8 Å². The van der Waals surface area contributed by atoms with Crippen molar-refractivity contribution in [1.29, 1.82) is 0 Å². The van der Waals surface area contributed by atoms with Crippen LogP contribution in [-0.4, -0.2) is 121 Å². The van der Waals surface area contributed by atoms with E-state index in [2.05, 4.69) is 21.3 Å². The number of carbonyl (C=O) groups is 6. The monoisotopic (exact) mass is 766 g/mol. The molecule has 0 aromatic heterocycles. The van der Waals surface area contributed by atoms with E-state index < -0.39 is 23.4 Å². The molecule has 0 radical (unpaired) electrons. The minimum Gasteiger partial charge on any atom is -0.444 e. The highest BCUT2D eigenvalue weighted by Crippen LogP contribution is 2.09. The number of halogens is 2. The van der Waals surface area contributed by atoms with E-state index in [1.807, 2.05) is 12.1 Å². The Morgan fingerprint density at radius 3 is 1.08 bits per heavy atom. The van der Waals surface area contributed by atoms with Gasteiger partial charge in [0.05, 0.1) is 0 Å². The number of amides is 6. The molecule has 14 nitrogen and oxygen atoms in total. The zero-order chi connectivity index (χ0) is 39.2. The number of hydrogen-bond donors (Lipinski definition) is 4. The molecule has 2 aromatic rings. The average molecular weight is 768 g/mol. The van der Waals surface area contributed by atoms with Gasteiger partial charge in [0.1, 0.15) is 23.0 Å². The lowest BCUT2D eigenvalue weighted by Gasteiger charge is -2.25. The first-order valence-corrected chi connectivity index (χ1v) is 17.8. The van der Waals surface area contributed by atoms with Crippen molar-refractivity contribution >= 4 is 59.0 Å². The van der Waals surface area contributed by atoms with Crippen molar-refractivity contribution in [2.75, 3.05) is 64.1 Å². The molecule has 0 heterocycles. The van der Waals surface area contributed by atoms with Gasteiger partial charge >= 0.3 is 12.2 Å². The van der Waals surface area contributed by atoms with Gasteiger partial charge in [0.25, 0.3) is 11.8 Å². The third kappa shape index (κ3) is 21.0. The number of ether oxygens (including phenoxy) is 2. The first kappa shape index (κ1) is 45.5. The highest BCUT2D eigenvalue weighted by molar-refractivity contribution is 6.27. The Labute approximate surface area is 316 Å². The van der Waals surface area contributed by atoms with Gasteiger partial charge in [0.2, 0.25) is 11.8 Å². The van der Waals surface area contributed by atoms with E-state index >= 15 is 0 Å². The number of carbonyl (C=O) groups excluding carboxylic acids is 6. The largest absolute Gasteiger partial charge is 0.444 e.